The maximum Gasteiger partial charge on any atom is 0.141 e. The van der Waals surface area contributed by atoms with Crippen molar-refractivity contribution in [1.82, 2.24) is 0 Å². The van der Waals surface area contributed by atoms with Crippen molar-refractivity contribution in [2.24, 2.45) is 22.7 Å². The Hall–Kier alpha value is -0.330. The van der Waals surface area contributed by atoms with E-state index in [1.54, 1.807) is 0 Å². The van der Waals surface area contributed by atoms with Gasteiger partial charge in [0.15, 0.2) is 0 Å². The van der Waals surface area contributed by atoms with Crippen LogP contribution in [0.1, 0.15) is 86.5 Å². The Morgan fingerprint density at radius 3 is 1.95 bits per heavy atom. The minimum Gasteiger partial charge on any atom is -0.299 e. The van der Waals surface area contributed by atoms with Crippen LogP contribution in [0.25, 0.3) is 0 Å². The zero-order valence-corrected chi connectivity index (χ0v) is 14.0. The van der Waals surface area contributed by atoms with Crippen molar-refractivity contribution in [2.75, 3.05) is 0 Å². The average Bonchev–Trinajstić information content (AvgIpc) is 2.25. The molecule has 112 valence electrons. The highest BCUT2D eigenvalue weighted by molar-refractivity contribution is 5.86. The molecule has 0 aliphatic heterocycles. The zero-order valence-electron chi connectivity index (χ0n) is 14.0. The van der Waals surface area contributed by atoms with Crippen molar-refractivity contribution >= 4 is 5.78 Å². The van der Waals surface area contributed by atoms with Crippen LogP contribution < -0.4 is 0 Å². The van der Waals surface area contributed by atoms with E-state index in [1.165, 1.54) is 32.1 Å². The van der Waals surface area contributed by atoms with Gasteiger partial charge in [-0.25, -0.2) is 0 Å². The van der Waals surface area contributed by atoms with Gasteiger partial charge in [-0.2, -0.15) is 0 Å². The van der Waals surface area contributed by atoms with Gasteiger partial charge in [-0.3, -0.25) is 4.79 Å². The van der Waals surface area contributed by atoms with E-state index < -0.39 is 0 Å². The predicted molar refractivity (Wildman–Crippen MR) is 83.2 cm³/mol. The summed E-state index contributed by atoms with van der Waals surface area (Å²) in [5.74, 6) is 1.54. The molecule has 0 heterocycles. The van der Waals surface area contributed by atoms with Crippen molar-refractivity contribution in [1.29, 1.82) is 0 Å². The molecule has 0 unspecified atom stereocenters. The standard InChI is InChI=1S/C18H34O/c1-17(2,3)13-15(16(19)18(4,5)6)12-14-10-8-7-9-11-14/h14-15H,7-13H2,1-6H3/t15-/m0/s1. The number of carbonyl (C=O) groups excluding carboxylic acids is 1. The van der Waals surface area contributed by atoms with Gasteiger partial charge in [-0.05, 0) is 24.2 Å². The number of rotatable bonds is 4. The number of Topliss-reactive ketones (excluding diaryl/α,β-unsaturated/α-hetero) is 1. The molecular weight excluding hydrogens is 232 g/mol. The summed E-state index contributed by atoms with van der Waals surface area (Å²) in [5.41, 5.74) is 0.0603. The number of carbonyl (C=O) groups is 1. The van der Waals surface area contributed by atoms with Gasteiger partial charge in [-0.15, -0.1) is 0 Å². The lowest BCUT2D eigenvalue weighted by molar-refractivity contribution is -0.132. The Morgan fingerprint density at radius 2 is 1.53 bits per heavy atom. The monoisotopic (exact) mass is 266 g/mol. The topological polar surface area (TPSA) is 17.1 Å². The second kappa shape index (κ2) is 6.41. The molecule has 0 spiro atoms. The van der Waals surface area contributed by atoms with E-state index in [0.717, 1.165) is 18.8 Å². The van der Waals surface area contributed by atoms with Crippen molar-refractivity contribution < 1.29 is 4.79 Å². The smallest absolute Gasteiger partial charge is 0.141 e. The van der Waals surface area contributed by atoms with Crippen molar-refractivity contribution in [3.8, 4) is 0 Å². The first-order valence-electron chi connectivity index (χ1n) is 8.14. The summed E-state index contributed by atoms with van der Waals surface area (Å²) in [6, 6.07) is 0. The highest BCUT2D eigenvalue weighted by Crippen LogP contribution is 2.37. The quantitative estimate of drug-likeness (QED) is 0.645. The molecule has 1 atom stereocenters. The highest BCUT2D eigenvalue weighted by atomic mass is 16.1. The molecule has 0 N–H and O–H groups in total. The van der Waals surface area contributed by atoms with Crippen LogP contribution in [0.3, 0.4) is 0 Å². The largest absolute Gasteiger partial charge is 0.299 e. The molecule has 0 amide bonds. The molecule has 1 heteroatoms. The van der Waals surface area contributed by atoms with Gasteiger partial charge in [0.05, 0.1) is 0 Å². The summed E-state index contributed by atoms with van der Waals surface area (Å²) in [5, 5.41) is 0. The normalized spacial score (nSPS) is 20.3. The molecule has 1 aliphatic rings. The summed E-state index contributed by atoms with van der Waals surface area (Å²) in [6.07, 6.45) is 9.00. The van der Waals surface area contributed by atoms with E-state index in [9.17, 15) is 4.79 Å². The molecule has 0 aromatic heterocycles. The third-order valence-corrected chi connectivity index (χ3v) is 4.31. The van der Waals surface area contributed by atoms with Crippen molar-refractivity contribution in [3.63, 3.8) is 0 Å². The van der Waals surface area contributed by atoms with Crippen LogP contribution in [0.5, 0.6) is 0 Å². The Balaban J connectivity index is 2.71. The van der Waals surface area contributed by atoms with E-state index in [1.807, 2.05) is 0 Å². The molecule has 1 rings (SSSR count). The third-order valence-electron chi connectivity index (χ3n) is 4.31. The van der Waals surface area contributed by atoms with Crippen LogP contribution >= 0.6 is 0 Å². The predicted octanol–water partition coefficient (Wildman–Crippen LogP) is 5.62. The second-order valence-corrected chi connectivity index (χ2v) is 8.82. The van der Waals surface area contributed by atoms with E-state index in [-0.39, 0.29) is 16.7 Å². The van der Waals surface area contributed by atoms with Crippen LogP contribution in [0.4, 0.5) is 0 Å². The SMILES string of the molecule is CC(C)(C)C[C@H](CC1CCCCC1)C(=O)C(C)(C)C. The minimum atomic E-state index is -0.190. The maximum absolute atomic E-state index is 12.7. The van der Waals surface area contributed by atoms with Crippen LogP contribution in [-0.4, -0.2) is 5.78 Å². The van der Waals surface area contributed by atoms with Crippen molar-refractivity contribution in [2.45, 2.75) is 86.5 Å². The van der Waals surface area contributed by atoms with Crippen LogP contribution in [0, 0.1) is 22.7 Å². The molecular formula is C18H34O. The minimum absolute atomic E-state index is 0.190. The highest BCUT2D eigenvalue weighted by Gasteiger charge is 2.34. The Kier molecular flexibility index (Phi) is 5.65. The maximum atomic E-state index is 12.7. The fourth-order valence-electron chi connectivity index (χ4n) is 3.46. The summed E-state index contributed by atoms with van der Waals surface area (Å²) in [7, 11) is 0. The lowest BCUT2D eigenvalue weighted by Gasteiger charge is -2.33. The molecule has 1 saturated carbocycles. The van der Waals surface area contributed by atoms with Crippen LogP contribution in [0.2, 0.25) is 0 Å². The lowest BCUT2D eigenvalue weighted by atomic mass is 9.71. The number of hydrogen-bond acceptors (Lipinski definition) is 1. The fraction of sp³-hybridized carbons (Fsp3) is 0.944. The lowest BCUT2D eigenvalue weighted by Crippen LogP contribution is -2.32. The van der Waals surface area contributed by atoms with Gasteiger partial charge in [0, 0.05) is 11.3 Å². The second-order valence-electron chi connectivity index (χ2n) is 8.82. The Morgan fingerprint density at radius 1 is 1.00 bits per heavy atom. The van der Waals surface area contributed by atoms with Gasteiger partial charge in [-0.1, -0.05) is 73.6 Å². The van der Waals surface area contributed by atoms with Crippen molar-refractivity contribution in [3.05, 3.63) is 0 Å². The van der Waals surface area contributed by atoms with E-state index in [2.05, 4.69) is 41.5 Å². The van der Waals surface area contributed by atoms with Crippen LogP contribution in [-0.2, 0) is 4.79 Å². The first-order valence-corrected chi connectivity index (χ1v) is 8.14. The van der Waals surface area contributed by atoms with Crippen LogP contribution in [0.15, 0.2) is 0 Å². The molecule has 0 aromatic rings. The Labute approximate surface area is 120 Å². The third kappa shape index (κ3) is 6.10. The summed E-state index contributed by atoms with van der Waals surface area (Å²) in [6.45, 7) is 13.0. The molecule has 0 bridgehead atoms. The summed E-state index contributed by atoms with van der Waals surface area (Å²) < 4.78 is 0. The molecule has 19 heavy (non-hydrogen) atoms. The summed E-state index contributed by atoms with van der Waals surface area (Å²) in [4.78, 5) is 12.7. The summed E-state index contributed by atoms with van der Waals surface area (Å²) >= 11 is 0. The first-order chi connectivity index (χ1) is 8.59. The fourth-order valence-corrected chi connectivity index (χ4v) is 3.46. The van der Waals surface area contributed by atoms with Gasteiger partial charge in [0.1, 0.15) is 5.78 Å². The average molecular weight is 266 g/mol. The number of ketones is 1. The van der Waals surface area contributed by atoms with Gasteiger partial charge in [0.25, 0.3) is 0 Å². The molecule has 0 aromatic carbocycles. The van der Waals surface area contributed by atoms with E-state index in [0.29, 0.717) is 5.78 Å². The molecule has 0 saturated heterocycles. The molecule has 1 aliphatic carbocycles. The molecule has 0 radical (unpaired) electrons. The Bertz CT molecular complexity index is 284. The van der Waals surface area contributed by atoms with Gasteiger partial charge >= 0.3 is 0 Å². The first kappa shape index (κ1) is 16.7. The number of hydrogen-bond donors (Lipinski definition) is 0. The zero-order chi connectivity index (χ0) is 14.7. The molecule has 1 fully saturated rings. The van der Waals surface area contributed by atoms with E-state index in [4.69, 9.17) is 0 Å². The van der Waals surface area contributed by atoms with Gasteiger partial charge < -0.3 is 0 Å². The van der Waals surface area contributed by atoms with Gasteiger partial charge in [0.2, 0.25) is 0 Å². The molecule has 1 nitrogen and oxygen atoms in total. The van der Waals surface area contributed by atoms with E-state index >= 15 is 0 Å².